The van der Waals surface area contributed by atoms with E-state index in [0.717, 1.165) is 27.0 Å². The number of nitrogens with two attached hydrogens (primary N) is 2. The number of H-pyrrole nitrogens is 1. The molecule has 16 heteroatoms. The van der Waals surface area contributed by atoms with E-state index in [1.807, 2.05) is 30.3 Å². The van der Waals surface area contributed by atoms with Crippen LogP contribution in [0.2, 0.25) is 0 Å². The summed E-state index contributed by atoms with van der Waals surface area (Å²) in [4.78, 5) is 83.5. The van der Waals surface area contributed by atoms with Crippen molar-refractivity contribution in [3.8, 4) is 5.75 Å². The zero-order valence-electron chi connectivity index (χ0n) is 32.4. The van der Waals surface area contributed by atoms with E-state index < -0.39 is 59.9 Å². The molecular formula is C41H53N9O7. The third kappa shape index (κ3) is 13.2. The summed E-state index contributed by atoms with van der Waals surface area (Å²) in [6, 6.07) is 16.3. The van der Waals surface area contributed by atoms with E-state index in [-0.39, 0.29) is 30.9 Å². The molecule has 5 atom stereocenters. The van der Waals surface area contributed by atoms with Crippen molar-refractivity contribution in [1.29, 1.82) is 0 Å². The van der Waals surface area contributed by atoms with Crippen molar-refractivity contribution in [3.05, 3.63) is 102 Å². The summed E-state index contributed by atoms with van der Waals surface area (Å²) in [6.45, 7) is 4.51. The third-order valence-electron chi connectivity index (χ3n) is 9.32. The molecule has 6 amide bonds. The van der Waals surface area contributed by atoms with E-state index in [2.05, 4.69) is 31.7 Å². The van der Waals surface area contributed by atoms with E-state index in [1.54, 1.807) is 42.6 Å². The third-order valence-corrected chi connectivity index (χ3v) is 9.32. The molecule has 0 unspecified atom stereocenters. The van der Waals surface area contributed by atoms with Gasteiger partial charge < -0.3 is 42.8 Å². The summed E-state index contributed by atoms with van der Waals surface area (Å²) in [7, 11) is 0. The van der Waals surface area contributed by atoms with Crippen LogP contribution in [-0.2, 0) is 43.4 Å². The molecule has 0 saturated heterocycles. The predicted octanol–water partition coefficient (Wildman–Crippen LogP) is 1.81. The lowest BCUT2D eigenvalue weighted by Crippen LogP contribution is -2.60. The fourth-order valence-corrected chi connectivity index (χ4v) is 6.02. The highest BCUT2D eigenvalue weighted by Crippen LogP contribution is 2.19. The number of rotatable bonds is 19. The number of hydrogen-bond acceptors (Lipinski definition) is 9. The summed E-state index contributed by atoms with van der Waals surface area (Å²) in [5.41, 5.74) is 16.8. The van der Waals surface area contributed by atoms with Crippen LogP contribution in [0.4, 0.5) is 4.79 Å². The maximum atomic E-state index is 14.0. The number of aromatic amines is 1. The van der Waals surface area contributed by atoms with Crippen molar-refractivity contribution in [2.24, 2.45) is 11.5 Å². The summed E-state index contributed by atoms with van der Waals surface area (Å²) < 4.78 is 0. The van der Waals surface area contributed by atoms with Crippen molar-refractivity contribution in [3.63, 3.8) is 0 Å². The molecule has 3 aromatic carbocycles. The first kappa shape index (κ1) is 43.5. The van der Waals surface area contributed by atoms with Gasteiger partial charge in [0.2, 0.25) is 17.7 Å². The Morgan fingerprint density at radius 2 is 1.35 bits per heavy atom. The lowest BCUT2D eigenvalue weighted by Gasteiger charge is -2.29. The number of carbonyl (C=O) groups is 6. The van der Waals surface area contributed by atoms with E-state index in [4.69, 9.17) is 11.5 Å². The highest BCUT2D eigenvalue weighted by molar-refractivity contribution is 5.95. The molecule has 1 heterocycles. The molecule has 11 N–H and O–H groups in total. The highest BCUT2D eigenvalue weighted by Gasteiger charge is 2.31. The van der Waals surface area contributed by atoms with Crippen molar-refractivity contribution >= 4 is 46.3 Å². The van der Waals surface area contributed by atoms with Crippen molar-refractivity contribution in [1.82, 2.24) is 36.7 Å². The van der Waals surface area contributed by atoms with Gasteiger partial charge >= 0.3 is 6.03 Å². The van der Waals surface area contributed by atoms with Gasteiger partial charge in [-0.1, -0.05) is 60.7 Å². The topological polar surface area (TPSA) is 254 Å². The van der Waals surface area contributed by atoms with E-state index in [0.29, 0.717) is 31.4 Å². The van der Waals surface area contributed by atoms with Gasteiger partial charge in [-0.2, -0.15) is 0 Å². The van der Waals surface area contributed by atoms with Crippen LogP contribution < -0.4 is 38.2 Å². The first-order valence-electron chi connectivity index (χ1n) is 18.9. The molecule has 0 aliphatic carbocycles. The number of aromatic hydroxyl groups is 1. The summed E-state index contributed by atoms with van der Waals surface area (Å²) >= 11 is 0. The summed E-state index contributed by atoms with van der Waals surface area (Å²) in [6.07, 6.45) is 3.53. The number of ketones is 1. The number of carbonyl (C=O) groups excluding carboxylic acids is 6. The van der Waals surface area contributed by atoms with Gasteiger partial charge in [0.15, 0.2) is 5.78 Å². The van der Waals surface area contributed by atoms with Crippen LogP contribution in [0.1, 0.15) is 56.7 Å². The van der Waals surface area contributed by atoms with Gasteiger partial charge in [-0.25, -0.2) is 9.80 Å². The lowest BCUT2D eigenvalue weighted by molar-refractivity contribution is -0.133. The number of para-hydroxylation sites is 1. The first-order chi connectivity index (χ1) is 27.2. The maximum Gasteiger partial charge on any atom is 0.337 e. The number of nitrogens with one attached hydrogen (secondary N) is 6. The van der Waals surface area contributed by atoms with Gasteiger partial charge in [0.1, 0.15) is 23.9 Å². The Balaban J connectivity index is 1.54. The molecule has 0 bridgehead atoms. The number of nitrogens with zero attached hydrogens (tertiary/aromatic N) is 1. The molecule has 0 fully saturated rings. The minimum Gasteiger partial charge on any atom is -0.508 e. The number of phenols is 1. The number of amides is 6. The maximum absolute atomic E-state index is 14.0. The molecule has 0 saturated carbocycles. The molecular weight excluding hydrogens is 731 g/mol. The van der Waals surface area contributed by atoms with Gasteiger partial charge in [-0.05, 0) is 81.5 Å². The Hall–Kier alpha value is -6.26. The summed E-state index contributed by atoms with van der Waals surface area (Å²) in [5.74, 6) is -2.89. The van der Waals surface area contributed by atoms with Crippen LogP contribution in [0.3, 0.4) is 0 Å². The van der Waals surface area contributed by atoms with Crippen LogP contribution in [0.15, 0.2) is 85.1 Å². The number of fused-ring (bicyclic) bond motifs is 1. The minimum atomic E-state index is -1.22. The molecule has 4 aromatic rings. The fourth-order valence-electron chi connectivity index (χ4n) is 6.02. The number of hydrazine groups is 1. The van der Waals surface area contributed by atoms with Crippen LogP contribution in [-0.4, -0.2) is 87.3 Å². The molecule has 0 aliphatic heterocycles. The smallest absolute Gasteiger partial charge is 0.337 e. The number of urea groups is 1. The Morgan fingerprint density at radius 1 is 0.719 bits per heavy atom. The molecule has 57 heavy (non-hydrogen) atoms. The van der Waals surface area contributed by atoms with Crippen LogP contribution in [0.25, 0.3) is 10.9 Å². The van der Waals surface area contributed by atoms with Crippen LogP contribution in [0.5, 0.6) is 5.75 Å². The Kier molecular flexibility index (Phi) is 16.1. The average molecular weight is 784 g/mol. The standard InChI is InChI=1S/C41H53N9O7/c1-25(43)37(53)47-36(22-30-23-44-34-15-8-7-13-32(30)34)39(55)45-26(2)38(54)49-50(24-29-16-18-31(52)19-17-29)41(57)48-35(21-28-11-5-4-6-12-28)40(56)46-33(27(3)51)14-9-10-20-42/h4-8,11-13,15-19,23,25-26,33,35-36,44,52H,9-10,14,20-22,24,42-43H2,1-3H3,(H,45,55)(H,46,56)(H,47,53)(H,48,57)(H,49,54)/t25-,26-,33-,35+,36+/m0/s1. The normalized spacial score (nSPS) is 13.6. The molecule has 0 spiro atoms. The Labute approximate surface area is 331 Å². The van der Waals surface area contributed by atoms with Gasteiger partial charge in [0.05, 0.1) is 18.6 Å². The highest BCUT2D eigenvalue weighted by atomic mass is 16.3. The van der Waals surface area contributed by atoms with Gasteiger partial charge in [-0.3, -0.25) is 29.4 Å². The molecule has 0 radical (unpaired) electrons. The number of phenolic OH excluding ortho intramolecular Hbond substituents is 1. The van der Waals surface area contributed by atoms with Crippen LogP contribution >= 0.6 is 0 Å². The van der Waals surface area contributed by atoms with Crippen LogP contribution in [0, 0.1) is 0 Å². The predicted molar refractivity (Wildman–Crippen MR) is 215 cm³/mol. The SMILES string of the molecule is CC(=O)[C@H](CCCCN)NC(=O)[C@@H](Cc1ccccc1)NC(=O)N(Cc1ccc(O)cc1)NC(=O)[C@H](C)NC(=O)[C@@H](Cc1c[nH]c2ccccc12)NC(=O)[C@H](C)N. The van der Waals surface area contributed by atoms with Crippen molar-refractivity contribution < 1.29 is 33.9 Å². The number of hydrogen-bond donors (Lipinski definition) is 9. The lowest BCUT2D eigenvalue weighted by atomic mass is 10.0. The molecule has 0 aliphatic rings. The number of Topliss-reactive ketones (excluding diaryl/α,β-unsaturated/α-hetero) is 1. The number of benzene rings is 3. The van der Waals surface area contributed by atoms with E-state index in [9.17, 15) is 33.9 Å². The van der Waals surface area contributed by atoms with Gasteiger partial charge in [-0.15, -0.1) is 0 Å². The Bertz CT molecular complexity index is 1990. The van der Waals surface area contributed by atoms with Crippen molar-refractivity contribution in [2.45, 2.75) is 89.6 Å². The Morgan fingerprint density at radius 3 is 2.02 bits per heavy atom. The fraction of sp³-hybridized carbons (Fsp3) is 0.366. The summed E-state index contributed by atoms with van der Waals surface area (Å²) in [5, 5.41) is 22.4. The molecule has 4 rings (SSSR count). The average Bonchev–Trinajstić information content (AvgIpc) is 3.60. The molecule has 304 valence electrons. The second-order valence-corrected chi connectivity index (χ2v) is 14.0. The second kappa shape index (κ2) is 21.2. The van der Waals surface area contributed by atoms with Gasteiger partial charge in [0, 0.05) is 29.9 Å². The molecule has 16 nitrogen and oxygen atoms in total. The van der Waals surface area contributed by atoms with Crippen molar-refractivity contribution in [2.75, 3.05) is 6.54 Å². The van der Waals surface area contributed by atoms with E-state index in [1.165, 1.54) is 32.9 Å². The first-order valence-corrected chi connectivity index (χ1v) is 18.9. The monoisotopic (exact) mass is 783 g/mol. The van der Waals surface area contributed by atoms with E-state index >= 15 is 0 Å². The number of unbranched alkanes of at least 4 members (excludes halogenated alkanes) is 1. The molecule has 1 aromatic heterocycles. The number of aromatic nitrogens is 1. The zero-order chi connectivity index (χ0) is 41.5. The largest absolute Gasteiger partial charge is 0.508 e. The minimum absolute atomic E-state index is 0.0143. The second-order valence-electron chi connectivity index (χ2n) is 14.0. The quantitative estimate of drug-likeness (QED) is 0.0496. The zero-order valence-corrected chi connectivity index (χ0v) is 32.4. The van der Waals surface area contributed by atoms with Gasteiger partial charge in [0.25, 0.3) is 5.91 Å².